The summed E-state index contributed by atoms with van der Waals surface area (Å²) in [6, 6.07) is 0. The van der Waals surface area contributed by atoms with E-state index in [2.05, 4.69) is 0 Å². The van der Waals surface area contributed by atoms with Crippen molar-refractivity contribution in [2.75, 3.05) is 6.67 Å². The van der Waals surface area contributed by atoms with Crippen molar-refractivity contribution in [3.8, 4) is 0 Å². The molecule has 0 amide bonds. The Balaban J connectivity index is 2.75. The van der Waals surface area contributed by atoms with E-state index in [9.17, 15) is 8.78 Å². The van der Waals surface area contributed by atoms with Gasteiger partial charge in [-0.25, -0.2) is 4.39 Å². The van der Waals surface area contributed by atoms with Crippen LogP contribution in [0.5, 0.6) is 0 Å². The van der Waals surface area contributed by atoms with Crippen molar-refractivity contribution in [3.63, 3.8) is 0 Å². The summed E-state index contributed by atoms with van der Waals surface area (Å²) in [7, 11) is 0. The molecule has 2 heteroatoms. The van der Waals surface area contributed by atoms with E-state index in [0.29, 0.717) is 12.8 Å². The fourth-order valence-electron chi connectivity index (χ4n) is 0.697. The Labute approximate surface area is 55.3 Å². The van der Waals surface area contributed by atoms with Gasteiger partial charge < -0.3 is 0 Å². The van der Waals surface area contributed by atoms with Crippen LogP contribution >= 0.6 is 0 Å². The summed E-state index contributed by atoms with van der Waals surface area (Å²) in [4.78, 5) is 0. The lowest BCUT2D eigenvalue weighted by molar-refractivity contribution is 0.326. The molecule has 1 atom stereocenters. The predicted octanol–water partition coefficient (Wildman–Crippen LogP) is 2.87. The van der Waals surface area contributed by atoms with Crippen molar-refractivity contribution >= 4 is 0 Å². The van der Waals surface area contributed by atoms with E-state index in [4.69, 9.17) is 0 Å². The molecular formula is C7H14F2. The van der Waals surface area contributed by atoms with E-state index < -0.39 is 6.17 Å². The van der Waals surface area contributed by atoms with Crippen LogP contribution in [-0.4, -0.2) is 12.8 Å². The number of hydrogen-bond acceptors (Lipinski definition) is 0. The van der Waals surface area contributed by atoms with Crippen LogP contribution in [0.4, 0.5) is 8.78 Å². The molecule has 0 fully saturated rings. The van der Waals surface area contributed by atoms with E-state index in [0.717, 1.165) is 12.8 Å². The third kappa shape index (κ3) is 7.86. The van der Waals surface area contributed by atoms with E-state index in [1.807, 2.05) is 0 Å². The summed E-state index contributed by atoms with van der Waals surface area (Å²) in [5.74, 6) is 0. The maximum Gasteiger partial charge on any atom is 0.0973 e. The van der Waals surface area contributed by atoms with Crippen molar-refractivity contribution < 1.29 is 8.78 Å². The van der Waals surface area contributed by atoms with Crippen LogP contribution < -0.4 is 0 Å². The van der Waals surface area contributed by atoms with Gasteiger partial charge in [-0.3, -0.25) is 4.39 Å². The third-order valence-corrected chi connectivity index (χ3v) is 1.24. The highest BCUT2D eigenvalue weighted by Crippen LogP contribution is 2.05. The minimum Gasteiger partial charge on any atom is -0.251 e. The Bertz CT molecular complexity index is 52.9. The van der Waals surface area contributed by atoms with Gasteiger partial charge in [0.25, 0.3) is 0 Å². The van der Waals surface area contributed by atoms with E-state index in [1.54, 1.807) is 0 Å². The molecule has 9 heavy (non-hydrogen) atoms. The molecule has 0 bridgehead atoms. The number of rotatable bonds is 5. The highest BCUT2D eigenvalue weighted by atomic mass is 19.1. The zero-order valence-corrected chi connectivity index (χ0v) is 5.87. The molecule has 1 unspecified atom stereocenters. The molecule has 0 aromatic heterocycles. The molecule has 0 heterocycles. The molecular weight excluding hydrogens is 122 g/mol. The molecule has 56 valence electrons. The molecule has 0 rings (SSSR count). The van der Waals surface area contributed by atoms with Crippen LogP contribution in [0.25, 0.3) is 0 Å². The van der Waals surface area contributed by atoms with Crippen LogP contribution in [0.1, 0.15) is 32.6 Å². The summed E-state index contributed by atoms with van der Waals surface area (Å²) in [5.41, 5.74) is 0. The van der Waals surface area contributed by atoms with Gasteiger partial charge in [0.15, 0.2) is 0 Å². The maximum atomic E-state index is 12.0. The molecule has 0 aliphatic carbocycles. The van der Waals surface area contributed by atoms with Gasteiger partial charge in [-0.1, -0.05) is 12.8 Å². The van der Waals surface area contributed by atoms with Gasteiger partial charge >= 0.3 is 0 Å². The lowest BCUT2D eigenvalue weighted by atomic mass is 10.1. The van der Waals surface area contributed by atoms with Gasteiger partial charge in [0.2, 0.25) is 0 Å². The Morgan fingerprint density at radius 2 is 1.89 bits per heavy atom. The smallest absolute Gasteiger partial charge is 0.0973 e. The third-order valence-electron chi connectivity index (χ3n) is 1.24. The van der Waals surface area contributed by atoms with Gasteiger partial charge in [-0.15, -0.1) is 0 Å². The van der Waals surface area contributed by atoms with E-state index in [-0.39, 0.29) is 6.67 Å². The topological polar surface area (TPSA) is 0 Å². The normalized spacial score (nSPS) is 13.7. The number of halogens is 2. The SMILES string of the molecule is CC(F)CCCCCF. The molecule has 0 saturated heterocycles. The molecule has 0 saturated carbocycles. The molecule has 0 nitrogen and oxygen atoms in total. The van der Waals surface area contributed by atoms with Gasteiger partial charge in [0, 0.05) is 0 Å². The minimum atomic E-state index is -0.718. The molecule has 0 spiro atoms. The maximum absolute atomic E-state index is 12.0. The first-order chi connectivity index (χ1) is 4.27. The molecule has 0 aliphatic heterocycles. The molecule has 0 N–H and O–H groups in total. The van der Waals surface area contributed by atoms with Crippen molar-refractivity contribution in [1.82, 2.24) is 0 Å². The van der Waals surface area contributed by atoms with Crippen LogP contribution in [0.3, 0.4) is 0 Å². The van der Waals surface area contributed by atoms with Crippen LogP contribution in [0, 0.1) is 0 Å². The Morgan fingerprint density at radius 1 is 1.22 bits per heavy atom. The fraction of sp³-hybridized carbons (Fsp3) is 1.00. The number of unbranched alkanes of at least 4 members (excludes halogenated alkanes) is 2. The average molecular weight is 136 g/mol. The summed E-state index contributed by atoms with van der Waals surface area (Å²) in [6.45, 7) is 1.27. The molecule has 0 aliphatic rings. The number of alkyl halides is 2. The predicted molar refractivity (Wildman–Crippen MR) is 35.0 cm³/mol. The van der Waals surface area contributed by atoms with Crippen molar-refractivity contribution in [2.24, 2.45) is 0 Å². The minimum absolute atomic E-state index is 0.263. The van der Waals surface area contributed by atoms with Gasteiger partial charge in [-0.2, -0.15) is 0 Å². The summed E-state index contributed by atoms with van der Waals surface area (Å²) >= 11 is 0. The first kappa shape index (κ1) is 8.86. The summed E-state index contributed by atoms with van der Waals surface area (Å²) in [5, 5.41) is 0. The first-order valence-electron chi connectivity index (χ1n) is 3.47. The standard InChI is InChI=1S/C7H14F2/c1-7(9)5-3-2-4-6-8/h7H,2-6H2,1H3. The van der Waals surface area contributed by atoms with E-state index in [1.165, 1.54) is 6.92 Å². The van der Waals surface area contributed by atoms with Crippen molar-refractivity contribution in [1.29, 1.82) is 0 Å². The van der Waals surface area contributed by atoms with Crippen LogP contribution in [0.2, 0.25) is 0 Å². The zero-order chi connectivity index (χ0) is 7.11. The average Bonchev–Trinajstić information content (AvgIpc) is 1.80. The van der Waals surface area contributed by atoms with Crippen molar-refractivity contribution in [3.05, 3.63) is 0 Å². The highest BCUT2D eigenvalue weighted by molar-refractivity contribution is 4.47. The second kappa shape index (κ2) is 5.99. The van der Waals surface area contributed by atoms with Gasteiger partial charge in [-0.05, 0) is 19.8 Å². The first-order valence-corrected chi connectivity index (χ1v) is 3.47. The molecule has 0 aromatic carbocycles. The Kier molecular flexibility index (Phi) is 5.89. The highest BCUT2D eigenvalue weighted by Gasteiger charge is 1.95. The quantitative estimate of drug-likeness (QED) is 0.510. The van der Waals surface area contributed by atoms with Crippen LogP contribution in [-0.2, 0) is 0 Å². The zero-order valence-electron chi connectivity index (χ0n) is 5.87. The second-order valence-electron chi connectivity index (χ2n) is 2.32. The summed E-state index contributed by atoms with van der Waals surface area (Å²) < 4.78 is 23.5. The van der Waals surface area contributed by atoms with Crippen molar-refractivity contribution in [2.45, 2.75) is 38.8 Å². The van der Waals surface area contributed by atoms with Gasteiger partial charge in [0.1, 0.15) is 0 Å². The lowest BCUT2D eigenvalue weighted by Crippen LogP contribution is -1.91. The largest absolute Gasteiger partial charge is 0.251 e. The van der Waals surface area contributed by atoms with Crippen LogP contribution in [0.15, 0.2) is 0 Å². The molecule has 0 aromatic rings. The fourth-order valence-corrected chi connectivity index (χ4v) is 0.697. The monoisotopic (exact) mass is 136 g/mol. The second-order valence-corrected chi connectivity index (χ2v) is 2.32. The Morgan fingerprint density at radius 3 is 2.33 bits per heavy atom. The Hall–Kier alpha value is -0.140. The van der Waals surface area contributed by atoms with E-state index >= 15 is 0 Å². The number of hydrogen-bond donors (Lipinski definition) is 0. The molecule has 0 radical (unpaired) electrons. The lowest BCUT2D eigenvalue weighted by Gasteiger charge is -1.98. The summed E-state index contributed by atoms with van der Waals surface area (Å²) in [6.07, 6.45) is 2.10. The van der Waals surface area contributed by atoms with Gasteiger partial charge in [0.05, 0.1) is 12.8 Å².